The van der Waals surface area contributed by atoms with Gasteiger partial charge in [-0.15, -0.1) is 5.10 Å². The molecule has 0 saturated carbocycles. The molecule has 82 valence electrons. The number of ether oxygens (including phenoxy) is 2. The van der Waals surface area contributed by atoms with Gasteiger partial charge in [0.1, 0.15) is 11.8 Å². The Morgan fingerprint density at radius 1 is 1.80 bits per heavy atom. The molecule has 1 aliphatic heterocycles. The maximum absolute atomic E-state index is 10.4. The van der Waals surface area contributed by atoms with Crippen LogP contribution in [0.15, 0.2) is 6.20 Å². The normalized spacial score (nSPS) is 15.8. The molecule has 1 aliphatic rings. The molecule has 1 saturated heterocycles. The van der Waals surface area contributed by atoms with E-state index >= 15 is 0 Å². The van der Waals surface area contributed by atoms with Crippen molar-refractivity contribution >= 4 is 12.1 Å². The highest BCUT2D eigenvalue weighted by Crippen LogP contribution is 2.24. The van der Waals surface area contributed by atoms with Crippen molar-refractivity contribution in [1.29, 1.82) is 0 Å². The number of hydrogen-bond acceptors (Lipinski definition) is 4. The van der Waals surface area contributed by atoms with Crippen LogP contribution < -0.4 is 10.1 Å². The van der Waals surface area contributed by atoms with E-state index in [0.717, 1.165) is 6.54 Å². The molecule has 6 heteroatoms. The van der Waals surface area contributed by atoms with Gasteiger partial charge in [0, 0.05) is 6.54 Å². The quantitative estimate of drug-likeness (QED) is 0.709. The summed E-state index contributed by atoms with van der Waals surface area (Å²) in [5, 5.41) is 6.74. The van der Waals surface area contributed by atoms with Crippen LogP contribution in [0.4, 0.5) is 5.69 Å². The maximum atomic E-state index is 10.4. The average Bonchev–Trinajstić information content (AvgIpc) is 2.55. The third-order valence-electron chi connectivity index (χ3n) is 2.15. The lowest BCUT2D eigenvalue weighted by Crippen LogP contribution is -2.38. The van der Waals surface area contributed by atoms with Gasteiger partial charge in [-0.3, -0.25) is 9.48 Å². The molecule has 1 amide bonds. The molecule has 0 aliphatic carbocycles. The topological polar surface area (TPSA) is 65.4 Å². The molecule has 0 aromatic carbocycles. The standard InChI is InChI=1S/C9H13N3O3/c1-2-12-3-8(10-6-13)9(11-12)15-7-4-14-5-7/h3,6-7H,2,4-5H2,1H3,(H,10,13). The van der Waals surface area contributed by atoms with Crippen molar-refractivity contribution in [2.24, 2.45) is 0 Å². The van der Waals surface area contributed by atoms with Crippen molar-refractivity contribution < 1.29 is 14.3 Å². The third kappa shape index (κ3) is 2.10. The Kier molecular flexibility index (Phi) is 2.86. The van der Waals surface area contributed by atoms with Gasteiger partial charge in [-0.25, -0.2) is 0 Å². The van der Waals surface area contributed by atoms with Gasteiger partial charge in [0.2, 0.25) is 6.41 Å². The van der Waals surface area contributed by atoms with E-state index in [2.05, 4.69) is 10.4 Å². The maximum Gasteiger partial charge on any atom is 0.257 e. The van der Waals surface area contributed by atoms with Crippen LogP contribution in [0.5, 0.6) is 5.88 Å². The van der Waals surface area contributed by atoms with Gasteiger partial charge in [-0.2, -0.15) is 0 Å². The van der Waals surface area contributed by atoms with Gasteiger partial charge in [-0.05, 0) is 6.92 Å². The molecule has 1 aromatic heterocycles. The summed E-state index contributed by atoms with van der Waals surface area (Å²) in [7, 11) is 0. The number of amides is 1. The fourth-order valence-corrected chi connectivity index (χ4v) is 1.26. The number of aromatic nitrogens is 2. The lowest BCUT2D eigenvalue weighted by atomic mass is 10.3. The summed E-state index contributed by atoms with van der Waals surface area (Å²) in [5.41, 5.74) is 0.596. The minimum Gasteiger partial charge on any atom is -0.467 e. The van der Waals surface area contributed by atoms with Gasteiger partial charge in [0.05, 0.1) is 19.4 Å². The van der Waals surface area contributed by atoms with Crippen LogP contribution in [-0.2, 0) is 16.1 Å². The molecular weight excluding hydrogens is 198 g/mol. The molecule has 1 fully saturated rings. The molecule has 0 spiro atoms. The predicted octanol–water partition coefficient (Wildman–Crippen LogP) is 0.249. The number of hydrogen-bond donors (Lipinski definition) is 1. The Bertz CT molecular complexity index is 346. The van der Waals surface area contributed by atoms with E-state index in [1.165, 1.54) is 0 Å². The zero-order valence-corrected chi connectivity index (χ0v) is 8.47. The molecule has 0 radical (unpaired) electrons. The number of carbonyl (C=O) groups excluding carboxylic acids is 1. The highest BCUT2D eigenvalue weighted by atomic mass is 16.6. The summed E-state index contributed by atoms with van der Waals surface area (Å²) in [5.74, 6) is 0.456. The molecular formula is C9H13N3O3. The van der Waals surface area contributed by atoms with Crippen molar-refractivity contribution in [2.75, 3.05) is 18.5 Å². The monoisotopic (exact) mass is 211 g/mol. The second-order valence-electron chi connectivity index (χ2n) is 3.24. The smallest absolute Gasteiger partial charge is 0.257 e. The lowest BCUT2D eigenvalue weighted by Gasteiger charge is -2.25. The summed E-state index contributed by atoms with van der Waals surface area (Å²) in [6.45, 7) is 3.87. The number of aryl methyl sites for hydroxylation is 1. The number of carbonyl (C=O) groups is 1. The predicted molar refractivity (Wildman–Crippen MR) is 52.8 cm³/mol. The number of nitrogens with one attached hydrogen (secondary N) is 1. The van der Waals surface area contributed by atoms with Crippen LogP contribution >= 0.6 is 0 Å². The van der Waals surface area contributed by atoms with Gasteiger partial charge < -0.3 is 14.8 Å². The first-order valence-electron chi connectivity index (χ1n) is 4.85. The zero-order valence-electron chi connectivity index (χ0n) is 8.47. The minimum atomic E-state index is 0.0532. The third-order valence-corrected chi connectivity index (χ3v) is 2.15. The SMILES string of the molecule is CCn1cc(NC=O)c(OC2COC2)n1. The minimum absolute atomic E-state index is 0.0532. The summed E-state index contributed by atoms with van der Waals surface area (Å²) >= 11 is 0. The molecule has 2 heterocycles. The van der Waals surface area contributed by atoms with E-state index in [4.69, 9.17) is 9.47 Å². The molecule has 0 bridgehead atoms. The Morgan fingerprint density at radius 3 is 3.13 bits per heavy atom. The van der Waals surface area contributed by atoms with Gasteiger partial charge in [0.25, 0.3) is 5.88 Å². The largest absolute Gasteiger partial charge is 0.467 e. The second kappa shape index (κ2) is 4.31. The Hall–Kier alpha value is -1.56. The van der Waals surface area contributed by atoms with Crippen LogP contribution in [0.2, 0.25) is 0 Å². The van der Waals surface area contributed by atoms with Crippen LogP contribution in [0.3, 0.4) is 0 Å². The molecule has 6 nitrogen and oxygen atoms in total. The van der Waals surface area contributed by atoms with Crippen molar-refractivity contribution in [3.05, 3.63) is 6.20 Å². The van der Waals surface area contributed by atoms with E-state index in [0.29, 0.717) is 31.2 Å². The van der Waals surface area contributed by atoms with Gasteiger partial charge in [0.15, 0.2) is 0 Å². The molecule has 1 aromatic rings. The Morgan fingerprint density at radius 2 is 2.60 bits per heavy atom. The first-order valence-corrected chi connectivity index (χ1v) is 4.85. The second-order valence-corrected chi connectivity index (χ2v) is 3.24. The Labute approximate surface area is 87.2 Å². The fourth-order valence-electron chi connectivity index (χ4n) is 1.26. The first-order chi connectivity index (χ1) is 7.33. The molecule has 15 heavy (non-hydrogen) atoms. The zero-order chi connectivity index (χ0) is 10.7. The van der Waals surface area contributed by atoms with Crippen LogP contribution in [-0.4, -0.2) is 35.5 Å². The Balaban J connectivity index is 2.10. The molecule has 2 rings (SSSR count). The molecule has 1 N–H and O–H groups in total. The van der Waals surface area contributed by atoms with Crippen molar-refractivity contribution in [3.8, 4) is 5.88 Å². The number of nitrogens with zero attached hydrogens (tertiary/aromatic N) is 2. The average molecular weight is 211 g/mol. The van der Waals surface area contributed by atoms with Crippen LogP contribution in [0.25, 0.3) is 0 Å². The highest BCUT2D eigenvalue weighted by molar-refractivity contribution is 5.73. The number of anilines is 1. The van der Waals surface area contributed by atoms with Crippen molar-refractivity contribution in [3.63, 3.8) is 0 Å². The van der Waals surface area contributed by atoms with E-state index in [-0.39, 0.29) is 6.10 Å². The van der Waals surface area contributed by atoms with Crippen LogP contribution in [0, 0.1) is 0 Å². The summed E-state index contributed by atoms with van der Waals surface area (Å²) < 4.78 is 12.2. The summed E-state index contributed by atoms with van der Waals surface area (Å²) in [6.07, 6.45) is 2.40. The summed E-state index contributed by atoms with van der Waals surface area (Å²) in [6, 6.07) is 0. The van der Waals surface area contributed by atoms with Gasteiger partial charge >= 0.3 is 0 Å². The van der Waals surface area contributed by atoms with Gasteiger partial charge in [-0.1, -0.05) is 0 Å². The van der Waals surface area contributed by atoms with Crippen molar-refractivity contribution in [2.45, 2.75) is 19.6 Å². The molecule has 0 unspecified atom stereocenters. The first kappa shape index (κ1) is 9.97. The van der Waals surface area contributed by atoms with Crippen molar-refractivity contribution in [1.82, 2.24) is 9.78 Å². The fraction of sp³-hybridized carbons (Fsp3) is 0.556. The van der Waals surface area contributed by atoms with Crippen LogP contribution in [0.1, 0.15) is 6.92 Å². The van der Waals surface area contributed by atoms with E-state index in [1.54, 1.807) is 10.9 Å². The lowest BCUT2D eigenvalue weighted by molar-refractivity contribution is -0.105. The number of rotatable bonds is 5. The van der Waals surface area contributed by atoms with E-state index in [9.17, 15) is 4.79 Å². The highest BCUT2D eigenvalue weighted by Gasteiger charge is 2.23. The molecule has 0 atom stereocenters. The van der Waals surface area contributed by atoms with E-state index in [1.807, 2.05) is 6.92 Å². The van der Waals surface area contributed by atoms with E-state index < -0.39 is 0 Å². The summed E-state index contributed by atoms with van der Waals surface area (Å²) in [4.78, 5) is 10.4.